The van der Waals surface area contributed by atoms with Gasteiger partial charge < -0.3 is 9.47 Å². The lowest BCUT2D eigenvalue weighted by molar-refractivity contribution is 0.123. The second kappa shape index (κ2) is 7.39. The number of carbonyl (C=O) groups excluding carboxylic acids is 2. The quantitative estimate of drug-likeness (QED) is 0.673. The van der Waals surface area contributed by atoms with Crippen LogP contribution in [0.25, 0.3) is 0 Å². The van der Waals surface area contributed by atoms with Crippen LogP contribution in [0.5, 0.6) is 0 Å². The molecule has 0 bridgehead atoms. The van der Waals surface area contributed by atoms with Crippen LogP contribution in [0.1, 0.15) is 26.7 Å². The minimum absolute atomic E-state index is 0.267. The van der Waals surface area contributed by atoms with Crippen LogP contribution < -0.4 is 5.32 Å². The summed E-state index contributed by atoms with van der Waals surface area (Å²) in [5.41, 5.74) is 0. The van der Waals surface area contributed by atoms with Crippen LogP contribution in [-0.4, -0.2) is 25.4 Å². The number of amides is 2. The molecule has 13 heavy (non-hydrogen) atoms. The maximum atomic E-state index is 10.7. The minimum atomic E-state index is -0.886. The molecule has 2 amide bonds. The average Bonchev–Trinajstić information content (AvgIpc) is 2.11. The molecule has 1 radical (unpaired) electrons. The smallest absolute Gasteiger partial charge is 0.439 e. The van der Waals surface area contributed by atoms with Crippen molar-refractivity contribution in [3.8, 4) is 0 Å². The van der Waals surface area contributed by atoms with Gasteiger partial charge in [-0.15, -0.1) is 0 Å². The second-order valence-electron chi connectivity index (χ2n) is 2.34. The van der Waals surface area contributed by atoms with Gasteiger partial charge in [0.15, 0.2) is 0 Å². The van der Waals surface area contributed by atoms with E-state index in [1.54, 1.807) is 0 Å². The number of hydrogen-bond donors (Lipinski definition) is 0. The third-order valence-corrected chi connectivity index (χ3v) is 1.04. The Labute approximate surface area is 77.4 Å². The van der Waals surface area contributed by atoms with E-state index in [0.29, 0.717) is 12.8 Å². The lowest BCUT2D eigenvalue weighted by Gasteiger charge is -2.02. The van der Waals surface area contributed by atoms with E-state index < -0.39 is 12.2 Å². The average molecular weight is 188 g/mol. The van der Waals surface area contributed by atoms with Crippen molar-refractivity contribution < 1.29 is 19.1 Å². The summed E-state index contributed by atoms with van der Waals surface area (Å²) < 4.78 is 9.07. The van der Waals surface area contributed by atoms with E-state index in [0.717, 1.165) is 0 Å². The van der Waals surface area contributed by atoms with Gasteiger partial charge in [-0.2, -0.15) is 0 Å². The van der Waals surface area contributed by atoms with Crippen molar-refractivity contribution in [3.05, 3.63) is 0 Å². The Bertz CT molecular complexity index is 152. The number of imide groups is 1. The number of carbonyl (C=O) groups is 2. The van der Waals surface area contributed by atoms with E-state index in [1.165, 1.54) is 0 Å². The zero-order valence-corrected chi connectivity index (χ0v) is 7.91. The zero-order chi connectivity index (χ0) is 10.1. The molecular weight excluding hydrogens is 174 g/mol. The van der Waals surface area contributed by atoms with E-state index in [2.05, 4.69) is 14.8 Å². The lowest BCUT2D eigenvalue weighted by Crippen LogP contribution is -2.25. The molecule has 75 valence electrons. The molecule has 0 atom stereocenters. The summed E-state index contributed by atoms with van der Waals surface area (Å²) in [5.74, 6) is 0. The first kappa shape index (κ1) is 11.7. The highest BCUT2D eigenvalue weighted by Crippen LogP contribution is 1.87. The Morgan fingerprint density at radius 1 is 1.00 bits per heavy atom. The van der Waals surface area contributed by atoms with Crippen molar-refractivity contribution >= 4 is 12.2 Å². The molecule has 0 fully saturated rings. The fourth-order valence-electron chi connectivity index (χ4n) is 0.518. The predicted molar refractivity (Wildman–Crippen MR) is 45.4 cm³/mol. The monoisotopic (exact) mass is 188 g/mol. The Hall–Kier alpha value is -1.26. The SMILES string of the molecule is CCCOC(=O)[N]C(=O)OCCC. The van der Waals surface area contributed by atoms with E-state index in [4.69, 9.17) is 0 Å². The predicted octanol–water partition coefficient (Wildman–Crippen LogP) is 1.68. The lowest BCUT2D eigenvalue weighted by atomic mass is 10.5. The fraction of sp³-hybridized carbons (Fsp3) is 0.750. The summed E-state index contributed by atoms with van der Waals surface area (Å²) in [7, 11) is 0. The molecule has 0 saturated heterocycles. The van der Waals surface area contributed by atoms with Crippen molar-refractivity contribution in [2.45, 2.75) is 26.7 Å². The third kappa shape index (κ3) is 7.11. The summed E-state index contributed by atoms with van der Waals surface area (Å²) in [6.45, 7) is 4.23. The largest absolute Gasteiger partial charge is 0.448 e. The van der Waals surface area contributed by atoms with Gasteiger partial charge in [0.25, 0.3) is 0 Å². The number of ether oxygens (including phenoxy) is 2. The Morgan fingerprint density at radius 2 is 1.38 bits per heavy atom. The van der Waals surface area contributed by atoms with E-state index in [1.807, 2.05) is 13.8 Å². The van der Waals surface area contributed by atoms with E-state index >= 15 is 0 Å². The maximum Gasteiger partial charge on any atom is 0.439 e. The Balaban J connectivity index is 3.47. The van der Waals surface area contributed by atoms with Gasteiger partial charge in [0.05, 0.1) is 13.2 Å². The van der Waals surface area contributed by atoms with Crippen LogP contribution in [0.15, 0.2) is 0 Å². The van der Waals surface area contributed by atoms with Gasteiger partial charge in [0.1, 0.15) is 0 Å². The molecule has 0 saturated carbocycles. The van der Waals surface area contributed by atoms with Gasteiger partial charge in [-0.25, -0.2) is 9.59 Å². The molecule has 0 spiro atoms. The van der Waals surface area contributed by atoms with E-state index in [9.17, 15) is 9.59 Å². The number of rotatable bonds is 4. The van der Waals surface area contributed by atoms with Crippen LogP contribution in [0, 0.1) is 0 Å². The summed E-state index contributed by atoms with van der Waals surface area (Å²) in [4.78, 5) is 21.4. The maximum absolute atomic E-state index is 10.7. The van der Waals surface area contributed by atoms with E-state index in [-0.39, 0.29) is 13.2 Å². The molecule has 0 aliphatic rings. The second-order valence-corrected chi connectivity index (χ2v) is 2.34. The summed E-state index contributed by atoms with van der Waals surface area (Å²) in [5, 5.41) is 3.03. The van der Waals surface area contributed by atoms with Crippen LogP contribution >= 0.6 is 0 Å². The normalized spacial score (nSPS) is 9.08. The van der Waals surface area contributed by atoms with Gasteiger partial charge in [0.2, 0.25) is 0 Å². The van der Waals surface area contributed by atoms with Gasteiger partial charge in [-0.05, 0) is 12.8 Å². The summed E-state index contributed by atoms with van der Waals surface area (Å²) in [6.07, 6.45) is -0.373. The molecule has 0 rings (SSSR count). The summed E-state index contributed by atoms with van der Waals surface area (Å²) in [6, 6.07) is 0. The number of nitrogens with zero attached hydrogens (tertiary/aromatic N) is 1. The molecule has 5 heteroatoms. The minimum Gasteiger partial charge on any atom is -0.448 e. The number of hydrogen-bond acceptors (Lipinski definition) is 4. The highest BCUT2D eigenvalue weighted by Gasteiger charge is 2.11. The van der Waals surface area contributed by atoms with Crippen LogP contribution in [-0.2, 0) is 9.47 Å². The van der Waals surface area contributed by atoms with Gasteiger partial charge in [-0.1, -0.05) is 19.2 Å². The van der Waals surface area contributed by atoms with Gasteiger partial charge >= 0.3 is 12.2 Å². The first-order chi connectivity index (χ1) is 6.20. The van der Waals surface area contributed by atoms with Gasteiger partial charge in [0, 0.05) is 0 Å². The molecule has 5 nitrogen and oxygen atoms in total. The molecule has 0 aromatic carbocycles. The molecular formula is C8H14NO4. The molecule has 0 aliphatic heterocycles. The van der Waals surface area contributed by atoms with Crippen molar-refractivity contribution in [2.24, 2.45) is 0 Å². The van der Waals surface area contributed by atoms with Crippen molar-refractivity contribution in [1.29, 1.82) is 0 Å². The highest BCUT2D eigenvalue weighted by atomic mass is 16.6. The fourth-order valence-corrected chi connectivity index (χ4v) is 0.518. The first-order valence-corrected chi connectivity index (χ1v) is 4.26. The first-order valence-electron chi connectivity index (χ1n) is 4.26. The molecule has 0 aromatic heterocycles. The zero-order valence-electron chi connectivity index (χ0n) is 7.91. The van der Waals surface area contributed by atoms with Crippen LogP contribution in [0.2, 0.25) is 0 Å². The molecule has 0 aromatic rings. The Morgan fingerprint density at radius 3 is 1.69 bits per heavy atom. The van der Waals surface area contributed by atoms with Gasteiger partial charge in [-0.3, -0.25) is 0 Å². The third-order valence-electron chi connectivity index (χ3n) is 1.04. The topological polar surface area (TPSA) is 66.7 Å². The molecule has 0 aliphatic carbocycles. The molecule has 0 heterocycles. The highest BCUT2D eigenvalue weighted by molar-refractivity contribution is 5.86. The van der Waals surface area contributed by atoms with Crippen molar-refractivity contribution in [1.82, 2.24) is 5.32 Å². The van der Waals surface area contributed by atoms with Crippen LogP contribution in [0.4, 0.5) is 9.59 Å². The van der Waals surface area contributed by atoms with Crippen molar-refractivity contribution in [3.63, 3.8) is 0 Å². The standard InChI is InChI=1S/C8H14NO4/c1-3-5-12-7(10)9-8(11)13-6-4-2/h3-6H2,1-2H3. The molecule has 0 N–H and O–H groups in total. The molecule has 0 unspecified atom stereocenters. The van der Waals surface area contributed by atoms with Crippen molar-refractivity contribution in [2.75, 3.05) is 13.2 Å². The van der Waals surface area contributed by atoms with Crippen LogP contribution in [0.3, 0.4) is 0 Å². The summed E-state index contributed by atoms with van der Waals surface area (Å²) >= 11 is 0. The Kier molecular flexibility index (Phi) is 6.68.